The summed E-state index contributed by atoms with van der Waals surface area (Å²) in [7, 11) is 1.59. The van der Waals surface area contributed by atoms with Crippen molar-refractivity contribution in [1.29, 1.82) is 0 Å². The van der Waals surface area contributed by atoms with Crippen molar-refractivity contribution in [3.05, 3.63) is 23.8 Å². The lowest BCUT2D eigenvalue weighted by Gasteiger charge is -2.12. The van der Waals surface area contributed by atoms with Gasteiger partial charge in [-0.05, 0) is 43.7 Å². The Hall–Kier alpha value is -1.18. The molecule has 124 valence electrons. The van der Waals surface area contributed by atoms with Crippen molar-refractivity contribution < 1.29 is 9.84 Å². The molecule has 0 spiro atoms. The normalized spacial score (nSPS) is 14.2. The Morgan fingerprint density at radius 1 is 1.36 bits per heavy atom. The molecular weight excluding hydrogens is 393 g/mol. The van der Waals surface area contributed by atoms with Crippen molar-refractivity contribution in [2.24, 2.45) is 10.9 Å². The van der Waals surface area contributed by atoms with Gasteiger partial charge in [0.15, 0.2) is 5.96 Å². The highest BCUT2D eigenvalue weighted by molar-refractivity contribution is 14.0. The van der Waals surface area contributed by atoms with Crippen molar-refractivity contribution >= 4 is 29.9 Å². The lowest BCUT2D eigenvalue weighted by molar-refractivity contribution is 0.406. The molecule has 1 saturated carbocycles. The molecule has 0 saturated heterocycles. The van der Waals surface area contributed by atoms with Crippen LogP contribution in [-0.2, 0) is 6.42 Å². The Bertz CT molecular complexity index is 490. The van der Waals surface area contributed by atoms with Crippen LogP contribution in [0.25, 0.3) is 0 Å². The van der Waals surface area contributed by atoms with Crippen LogP contribution in [-0.4, -0.2) is 37.8 Å². The number of guanidine groups is 1. The number of methoxy groups -OCH3 is 1. The van der Waals surface area contributed by atoms with Gasteiger partial charge in [0, 0.05) is 25.7 Å². The predicted octanol–water partition coefficient (Wildman–Crippen LogP) is 2.53. The SMILES string of the molecule is CCNC(=NCC1CC1)NCCc1ccc(OC)cc1O.I. The Kier molecular flexibility index (Phi) is 8.37. The van der Waals surface area contributed by atoms with Gasteiger partial charge in [-0.3, -0.25) is 4.99 Å². The van der Waals surface area contributed by atoms with Crippen LogP contribution in [0.4, 0.5) is 0 Å². The van der Waals surface area contributed by atoms with E-state index >= 15 is 0 Å². The summed E-state index contributed by atoms with van der Waals surface area (Å²) in [6, 6.07) is 5.40. The Morgan fingerprint density at radius 3 is 2.73 bits per heavy atom. The molecule has 0 heterocycles. The standard InChI is InChI=1S/C16H25N3O2.HI/c1-3-17-16(19-11-12-4-5-12)18-9-8-13-6-7-14(21-2)10-15(13)20;/h6-7,10,12,20H,3-5,8-9,11H2,1-2H3,(H2,17,18,19);1H. The quantitative estimate of drug-likeness (QED) is 0.361. The molecule has 0 radical (unpaired) electrons. The van der Waals surface area contributed by atoms with Crippen LogP contribution in [0.2, 0.25) is 0 Å². The van der Waals surface area contributed by atoms with Crippen molar-refractivity contribution in [3.8, 4) is 11.5 Å². The van der Waals surface area contributed by atoms with Gasteiger partial charge in [-0.25, -0.2) is 0 Å². The number of aliphatic imine (C=N–C) groups is 1. The molecule has 0 unspecified atom stereocenters. The van der Waals surface area contributed by atoms with E-state index in [0.29, 0.717) is 5.75 Å². The minimum absolute atomic E-state index is 0. The lowest BCUT2D eigenvalue weighted by Crippen LogP contribution is -2.38. The summed E-state index contributed by atoms with van der Waals surface area (Å²) in [6.45, 7) is 4.55. The van der Waals surface area contributed by atoms with Crippen LogP contribution in [0.1, 0.15) is 25.3 Å². The Balaban J connectivity index is 0.00000242. The van der Waals surface area contributed by atoms with Crippen LogP contribution in [0, 0.1) is 5.92 Å². The third kappa shape index (κ3) is 6.29. The smallest absolute Gasteiger partial charge is 0.191 e. The van der Waals surface area contributed by atoms with Crippen molar-refractivity contribution in [2.75, 3.05) is 26.7 Å². The van der Waals surface area contributed by atoms with Gasteiger partial charge in [0.25, 0.3) is 0 Å². The lowest BCUT2D eigenvalue weighted by atomic mass is 10.1. The molecule has 22 heavy (non-hydrogen) atoms. The van der Waals surface area contributed by atoms with E-state index in [-0.39, 0.29) is 29.7 Å². The van der Waals surface area contributed by atoms with Crippen molar-refractivity contribution in [3.63, 3.8) is 0 Å². The fraction of sp³-hybridized carbons (Fsp3) is 0.562. The van der Waals surface area contributed by atoms with Crippen molar-refractivity contribution in [2.45, 2.75) is 26.2 Å². The van der Waals surface area contributed by atoms with E-state index in [2.05, 4.69) is 22.5 Å². The van der Waals surface area contributed by atoms with Gasteiger partial charge >= 0.3 is 0 Å². The summed E-state index contributed by atoms with van der Waals surface area (Å²) in [4.78, 5) is 4.57. The molecule has 1 aromatic carbocycles. The van der Waals surface area contributed by atoms with Gasteiger partial charge in [-0.2, -0.15) is 0 Å². The van der Waals surface area contributed by atoms with Gasteiger partial charge < -0.3 is 20.5 Å². The van der Waals surface area contributed by atoms with Gasteiger partial charge in [0.05, 0.1) is 7.11 Å². The third-order valence-corrected chi connectivity index (χ3v) is 3.53. The number of phenolic OH excluding ortho intramolecular Hbond substituents is 1. The van der Waals surface area contributed by atoms with Crippen LogP contribution in [0.5, 0.6) is 11.5 Å². The molecule has 1 fully saturated rings. The molecule has 5 nitrogen and oxygen atoms in total. The summed E-state index contributed by atoms with van der Waals surface area (Å²) in [6.07, 6.45) is 3.36. The van der Waals surface area contributed by atoms with E-state index in [1.165, 1.54) is 12.8 Å². The van der Waals surface area contributed by atoms with E-state index in [1.807, 2.05) is 12.1 Å². The Morgan fingerprint density at radius 2 is 2.14 bits per heavy atom. The number of nitrogens with one attached hydrogen (secondary N) is 2. The molecule has 0 aliphatic heterocycles. The fourth-order valence-corrected chi connectivity index (χ4v) is 2.06. The third-order valence-electron chi connectivity index (χ3n) is 3.53. The number of hydrogen-bond donors (Lipinski definition) is 3. The maximum atomic E-state index is 9.92. The first kappa shape index (κ1) is 18.9. The zero-order valence-electron chi connectivity index (χ0n) is 13.3. The number of aromatic hydroxyl groups is 1. The highest BCUT2D eigenvalue weighted by Crippen LogP contribution is 2.28. The van der Waals surface area contributed by atoms with E-state index in [0.717, 1.165) is 43.5 Å². The van der Waals surface area contributed by atoms with E-state index in [9.17, 15) is 5.11 Å². The molecule has 3 N–H and O–H groups in total. The molecule has 6 heteroatoms. The minimum Gasteiger partial charge on any atom is -0.508 e. The van der Waals surface area contributed by atoms with Crippen LogP contribution >= 0.6 is 24.0 Å². The van der Waals surface area contributed by atoms with Gasteiger partial charge in [-0.15, -0.1) is 24.0 Å². The van der Waals surface area contributed by atoms with Crippen LogP contribution in [0.3, 0.4) is 0 Å². The molecule has 0 atom stereocenters. The summed E-state index contributed by atoms with van der Waals surface area (Å²) in [5.41, 5.74) is 0.904. The molecule has 1 aliphatic rings. The van der Waals surface area contributed by atoms with Gasteiger partial charge in [-0.1, -0.05) is 6.07 Å². The molecule has 1 aromatic rings. The summed E-state index contributed by atoms with van der Waals surface area (Å²) in [5, 5.41) is 16.5. The summed E-state index contributed by atoms with van der Waals surface area (Å²) < 4.78 is 5.08. The van der Waals surface area contributed by atoms with Gasteiger partial charge in [0.2, 0.25) is 0 Å². The summed E-state index contributed by atoms with van der Waals surface area (Å²) in [5.74, 6) is 2.59. The molecule has 2 rings (SSSR count). The number of nitrogens with zero attached hydrogens (tertiary/aromatic N) is 1. The number of ether oxygens (including phenoxy) is 1. The largest absolute Gasteiger partial charge is 0.508 e. The second-order valence-electron chi connectivity index (χ2n) is 5.33. The number of phenols is 1. The number of benzene rings is 1. The number of rotatable bonds is 7. The second-order valence-corrected chi connectivity index (χ2v) is 5.33. The highest BCUT2D eigenvalue weighted by Gasteiger charge is 2.20. The number of hydrogen-bond acceptors (Lipinski definition) is 3. The average molecular weight is 419 g/mol. The van der Waals surface area contributed by atoms with Crippen LogP contribution in [0.15, 0.2) is 23.2 Å². The second kappa shape index (κ2) is 9.76. The zero-order valence-corrected chi connectivity index (χ0v) is 15.6. The van der Waals surface area contributed by atoms with E-state index in [1.54, 1.807) is 13.2 Å². The summed E-state index contributed by atoms with van der Waals surface area (Å²) >= 11 is 0. The van der Waals surface area contributed by atoms with Gasteiger partial charge in [0.1, 0.15) is 11.5 Å². The van der Waals surface area contributed by atoms with Crippen molar-refractivity contribution in [1.82, 2.24) is 10.6 Å². The maximum Gasteiger partial charge on any atom is 0.191 e. The molecule has 1 aliphatic carbocycles. The fourth-order valence-electron chi connectivity index (χ4n) is 2.06. The maximum absolute atomic E-state index is 9.92. The monoisotopic (exact) mass is 419 g/mol. The molecule has 0 aromatic heterocycles. The Labute approximate surface area is 149 Å². The molecule has 0 bridgehead atoms. The molecular formula is C16H26IN3O2. The number of halogens is 1. The highest BCUT2D eigenvalue weighted by atomic mass is 127. The first-order valence-corrected chi connectivity index (χ1v) is 7.61. The zero-order chi connectivity index (χ0) is 15.1. The van der Waals surface area contributed by atoms with E-state index in [4.69, 9.17) is 4.74 Å². The van der Waals surface area contributed by atoms with E-state index < -0.39 is 0 Å². The van der Waals surface area contributed by atoms with Crippen LogP contribution < -0.4 is 15.4 Å². The first-order valence-electron chi connectivity index (χ1n) is 7.61. The minimum atomic E-state index is 0. The topological polar surface area (TPSA) is 65.9 Å². The first-order chi connectivity index (χ1) is 10.2. The average Bonchev–Trinajstić information content (AvgIpc) is 3.30. The molecule has 0 amide bonds. The predicted molar refractivity (Wildman–Crippen MR) is 100 cm³/mol.